The summed E-state index contributed by atoms with van der Waals surface area (Å²) in [5.41, 5.74) is 0. The molecule has 476 valence electrons. The van der Waals surface area contributed by atoms with Crippen molar-refractivity contribution >= 4 is 64.0 Å². The first kappa shape index (κ1) is 76.6. The number of rotatable bonds is 28. The molecule has 0 saturated carbocycles. The zero-order chi connectivity index (χ0) is 65.2. The number of thiol groups is 1. The van der Waals surface area contributed by atoms with Crippen molar-refractivity contribution in [2.24, 2.45) is 0 Å². The van der Waals surface area contributed by atoms with Gasteiger partial charge in [0.1, 0.15) is 44.5 Å². The average molecular weight is 1360 g/mol. The van der Waals surface area contributed by atoms with Crippen LogP contribution < -0.4 is 9.47 Å². The maximum atomic E-state index is 12.6. The molecule has 0 heterocycles. The van der Waals surface area contributed by atoms with Crippen molar-refractivity contribution in [2.45, 2.75) is 70.7 Å². The molecule has 1 aliphatic rings. The molecule has 0 aromatic heterocycles. The minimum atomic E-state index is -7.64. The predicted molar refractivity (Wildman–Crippen MR) is 266 cm³/mol. The van der Waals surface area contributed by atoms with E-state index in [-0.39, 0.29) is 24.1 Å². The van der Waals surface area contributed by atoms with Gasteiger partial charge in [-0.25, -0.2) is 26.0 Å². The molecule has 0 spiro atoms. The van der Waals surface area contributed by atoms with E-state index >= 15 is 0 Å². The van der Waals surface area contributed by atoms with E-state index in [9.17, 15) is 113 Å². The normalized spacial score (nSPS) is 17.1. The molecule has 3 N–H and O–H groups in total. The summed E-state index contributed by atoms with van der Waals surface area (Å²) < 4.78 is 340. The van der Waals surface area contributed by atoms with Gasteiger partial charge >= 0.3 is 67.3 Å². The molecule has 0 unspecified atom stereocenters. The smallest absolute Gasteiger partial charge is 0.438 e. The Morgan fingerprint density at radius 1 is 0.512 bits per heavy atom. The maximum absolute atomic E-state index is 12.6. The van der Waals surface area contributed by atoms with Gasteiger partial charge in [-0.2, -0.15) is 77.9 Å². The highest BCUT2D eigenvalue weighted by atomic mass is 32.3. The zero-order valence-electron chi connectivity index (χ0n) is 41.6. The van der Waals surface area contributed by atoms with E-state index in [2.05, 4.69) is 80.9 Å². The highest BCUT2D eigenvalue weighted by Gasteiger charge is 2.86. The Hall–Kier alpha value is -5.46. The van der Waals surface area contributed by atoms with Crippen LogP contribution in [0, 0.1) is 0 Å². The molecule has 1 aliphatic carbocycles. The molecule has 4 rings (SSSR count). The van der Waals surface area contributed by atoms with E-state index in [1.165, 1.54) is 27.2 Å². The second kappa shape index (κ2) is 30.3. The molecule has 0 aliphatic heterocycles. The Labute approximate surface area is 476 Å². The Bertz CT molecular complexity index is 3000. The Morgan fingerprint density at radius 2 is 0.845 bits per heavy atom. The van der Waals surface area contributed by atoms with E-state index < -0.39 is 96.5 Å². The third-order valence-electron chi connectivity index (χ3n) is 9.60. The lowest BCUT2D eigenvalue weighted by Gasteiger charge is -2.35. The number of halogens is 16. The van der Waals surface area contributed by atoms with Crippen LogP contribution in [0.15, 0.2) is 156 Å². The lowest BCUT2D eigenvalue weighted by Crippen LogP contribution is -2.66. The highest BCUT2D eigenvalue weighted by molar-refractivity contribution is 8.03. The van der Waals surface area contributed by atoms with Gasteiger partial charge in [0.15, 0.2) is 28.9 Å². The molecule has 3 aromatic carbocycles. The predicted octanol–water partition coefficient (Wildman–Crippen LogP) is 9.91. The van der Waals surface area contributed by atoms with E-state index in [0.29, 0.717) is 26.4 Å². The summed E-state index contributed by atoms with van der Waals surface area (Å²) in [5.74, 6) is -25.6. The van der Waals surface area contributed by atoms with Gasteiger partial charge in [-0.15, -0.1) is 12.6 Å². The van der Waals surface area contributed by atoms with Crippen LogP contribution in [-0.4, -0.2) is 148 Å². The fourth-order valence-electron chi connectivity index (χ4n) is 5.30. The van der Waals surface area contributed by atoms with Crippen LogP contribution in [0.2, 0.25) is 0 Å². The fourth-order valence-corrected chi connectivity index (χ4v) is 9.59. The summed E-state index contributed by atoms with van der Waals surface area (Å²) in [6.45, 7) is 12.0. The lowest BCUT2D eigenvalue weighted by molar-refractivity contribution is -0.327. The van der Waals surface area contributed by atoms with Gasteiger partial charge < -0.3 is 33.0 Å². The van der Waals surface area contributed by atoms with Crippen molar-refractivity contribution in [3.63, 3.8) is 0 Å². The Balaban J connectivity index is 0.000000590. The van der Waals surface area contributed by atoms with E-state index in [0.717, 1.165) is 42.1 Å². The number of benzene rings is 3. The van der Waals surface area contributed by atoms with Gasteiger partial charge in [0.05, 0.1) is 36.3 Å². The first-order valence-electron chi connectivity index (χ1n) is 21.6. The number of alkyl halides is 16. The topological polar surface area (TPSA) is 276 Å². The summed E-state index contributed by atoms with van der Waals surface area (Å²) >= 11 is 3.75. The summed E-state index contributed by atoms with van der Waals surface area (Å²) in [6, 6.07) is 27.0. The van der Waals surface area contributed by atoms with Crippen LogP contribution in [0.5, 0.6) is 11.5 Å². The van der Waals surface area contributed by atoms with Gasteiger partial charge in [0.25, 0.3) is 10.1 Å². The Morgan fingerprint density at radius 3 is 1.14 bits per heavy atom. The molecule has 0 amide bonds. The molecule has 40 heteroatoms. The standard InChI is InChI=1S/C26H27O4S.C10H14O8S3.C4H2F8O6S2.C4H2F8/c1-3-27-18-20-29-22-10-14-25(15-11-22)31(24-8-6-5-7-9-24)26-16-12-23(13-17-26)30-21-19-28-4-2;1-2-17-7-8-18-9(20(11,12)13)3-5-10(19,6-4-9)21(14,15)16;5-1(6,3(9,10)19(13,14)15)2(7,8)4(11,12)20(16,17)18;5-1(6)3(9,10)4(11,12)2(7)8/h3-17H,1-2,18-21H2;2-6,19H,1,7-8H2,(H,11,12,13)(H,14,15,16);(H,13,14,15)(H,16,17,18);1-2H/q+1;;;/p-1. The molecular formula is C44H44F16O18S6. The summed E-state index contributed by atoms with van der Waals surface area (Å²) in [5, 5.41) is -14.5. The average Bonchev–Trinajstić information content (AvgIpc) is 0.916. The fraction of sp³-hybridized carbons (Fsp3) is 0.364. The maximum Gasteiger partial charge on any atom is 0.438 e. The molecule has 0 saturated heterocycles. The van der Waals surface area contributed by atoms with Gasteiger partial charge in [-0.1, -0.05) is 37.9 Å². The zero-order valence-corrected chi connectivity index (χ0v) is 46.5. The van der Waals surface area contributed by atoms with E-state index in [1.807, 2.05) is 30.3 Å². The molecule has 18 nitrogen and oxygen atoms in total. The number of hydrogen-bond donors (Lipinski definition) is 4. The molecule has 0 atom stereocenters. The summed E-state index contributed by atoms with van der Waals surface area (Å²) in [6.07, 6.45) is -2.56. The minimum absolute atomic E-state index is 0.0350. The van der Waals surface area contributed by atoms with Crippen LogP contribution in [0.1, 0.15) is 0 Å². The number of hydrogen-bond acceptors (Lipinski definition) is 16. The van der Waals surface area contributed by atoms with Crippen molar-refractivity contribution in [1.29, 1.82) is 0 Å². The molecule has 3 aromatic rings. The van der Waals surface area contributed by atoms with Gasteiger partial charge in [-0.05, 0) is 85.0 Å². The molecule has 0 bridgehead atoms. The van der Waals surface area contributed by atoms with Crippen LogP contribution >= 0.6 is 12.6 Å². The minimum Gasteiger partial charge on any atom is -0.743 e. The van der Waals surface area contributed by atoms with Crippen LogP contribution in [0.25, 0.3) is 0 Å². The van der Waals surface area contributed by atoms with Crippen molar-refractivity contribution in [3.05, 3.63) is 142 Å². The highest BCUT2D eigenvalue weighted by Crippen LogP contribution is 2.55. The third kappa shape index (κ3) is 19.0. The first-order valence-corrected chi connectivity index (χ1v) is 29.0. The van der Waals surface area contributed by atoms with Crippen LogP contribution in [0.4, 0.5) is 70.2 Å². The molecule has 0 fully saturated rings. The van der Waals surface area contributed by atoms with Crippen LogP contribution in [0.3, 0.4) is 0 Å². The lowest BCUT2D eigenvalue weighted by atomic mass is 10.1. The van der Waals surface area contributed by atoms with Crippen molar-refractivity contribution in [3.8, 4) is 11.5 Å². The second-order valence-corrected chi connectivity index (χ2v) is 24.4. The van der Waals surface area contributed by atoms with Gasteiger partial charge in [0, 0.05) is 0 Å². The Kier molecular flexibility index (Phi) is 27.6. The third-order valence-corrected chi connectivity index (χ3v) is 16.9. The molecular weight excluding hydrogens is 1310 g/mol. The van der Waals surface area contributed by atoms with Gasteiger partial charge in [-0.3, -0.25) is 13.7 Å². The quantitative estimate of drug-likeness (QED) is 0.0100. The summed E-state index contributed by atoms with van der Waals surface area (Å²) in [7, 11) is -24.5. The number of ether oxygens (including phenoxy) is 6. The molecule has 84 heavy (non-hydrogen) atoms. The molecule has 0 radical (unpaired) electrons. The van der Waals surface area contributed by atoms with Gasteiger partial charge in [0.2, 0.25) is 4.93 Å². The monoisotopic (exact) mass is 1360 g/mol. The van der Waals surface area contributed by atoms with Crippen molar-refractivity contribution < 1.29 is 151 Å². The first-order chi connectivity index (χ1) is 38.2. The van der Waals surface area contributed by atoms with E-state index in [4.69, 9.17) is 37.5 Å². The van der Waals surface area contributed by atoms with E-state index in [1.54, 1.807) is 0 Å². The SMILES string of the molecule is C=COCCOC1(S(=O)(=O)O)C=CC(S)(S(=O)(=O)O)C=C1.C=COCCOc1ccc([S+](c2ccccc2)c2ccc(OCCOC=C)cc2)cc1.FC(F)C(F)(F)C(F)(F)C(F)F.O=S(=O)([O-])C(F)(F)C(F)(F)C(F)(F)C(F)(F)S(=O)(=O)O. The van der Waals surface area contributed by atoms with Crippen molar-refractivity contribution in [1.82, 2.24) is 0 Å². The van der Waals surface area contributed by atoms with Crippen LogP contribution in [-0.2, 0) is 70.3 Å². The second-order valence-electron chi connectivity index (χ2n) is 15.3. The van der Waals surface area contributed by atoms with Crippen molar-refractivity contribution in [2.75, 3.05) is 39.6 Å². The summed E-state index contributed by atoms with van der Waals surface area (Å²) in [4.78, 5) is 1.40. The largest absolute Gasteiger partial charge is 0.743 e.